The molecule has 0 unspecified atom stereocenters. The molecule has 0 amide bonds. The van der Waals surface area contributed by atoms with Crippen LogP contribution in [0.2, 0.25) is 0 Å². The molecular weight excluding hydrogens is 304 g/mol. The number of furan rings is 1. The third-order valence-corrected chi connectivity index (χ3v) is 3.46. The molecule has 5 nitrogen and oxygen atoms in total. The Bertz CT molecular complexity index is 950. The van der Waals surface area contributed by atoms with Gasteiger partial charge in [0.05, 0.1) is 16.6 Å². The first kappa shape index (κ1) is 15.3. The van der Waals surface area contributed by atoms with Crippen molar-refractivity contribution < 1.29 is 9.34 Å². The van der Waals surface area contributed by atoms with E-state index in [0.29, 0.717) is 22.7 Å². The number of nitrogens with zero attached hydrogens (tertiary/aromatic N) is 2. The first-order valence-corrected chi connectivity index (χ1v) is 7.19. The van der Waals surface area contributed by atoms with E-state index in [1.54, 1.807) is 24.3 Å². The molecule has 0 fully saturated rings. The van der Waals surface area contributed by atoms with Gasteiger partial charge in [-0.05, 0) is 23.8 Å². The summed E-state index contributed by atoms with van der Waals surface area (Å²) in [5.41, 5.74) is 1.65. The third kappa shape index (κ3) is 3.23. The molecule has 3 rings (SSSR count). The van der Waals surface area contributed by atoms with Gasteiger partial charge in [-0.15, -0.1) is 0 Å². The fraction of sp³-hybridized carbons (Fsp3) is 0. The van der Waals surface area contributed by atoms with Crippen molar-refractivity contribution >= 4 is 17.3 Å². The van der Waals surface area contributed by atoms with Gasteiger partial charge in [0.2, 0.25) is 0 Å². The van der Waals surface area contributed by atoms with E-state index in [1.165, 1.54) is 12.1 Å². The van der Waals surface area contributed by atoms with Crippen LogP contribution < -0.4 is 0 Å². The molecule has 0 bridgehead atoms. The Labute approximate surface area is 138 Å². The number of hydrogen-bond donors (Lipinski definition) is 0. The van der Waals surface area contributed by atoms with E-state index in [0.717, 1.165) is 5.56 Å². The predicted octanol–water partition coefficient (Wildman–Crippen LogP) is 4.92. The van der Waals surface area contributed by atoms with Crippen molar-refractivity contribution in [1.29, 1.82) is 5.26 Å². The maximum absolute atomic E-state index is 10.9. The summed E-state index contributed by atoms with van der Waals surface area (Å²) in [5.74, 6) is 1.20. The van der Waals surface area contributed by atoms with Crippen molar-refractivity contribution in [3.8, 4) is 17.4 Å². The highest BCUT2D eigenvalue weighted by atomic mass is 16.6. The Balaban J connectivity index is 1.95. The number of nitro groups is 1. The van der Waals surface area contributed by atoms with Crippen molar-refractivity contribution in [3.63, 3.8) is 0 Å². The fourth-order valence-electron chi connectivity index (χ4n) is 2.30. The molecule has 24 heavy (non-hydrogen) atoms. The second kappa shape index (κ2) is 6.63. The van der Waals surface area contributed by atoms with Crippen LogP contribution in [0.1, 0.15) is 11.3 Å². The van der Waals surface area contributed by atoms with Gasteiger partial charge in [-0.3, -0.25) is 10.1 Å². The fourth-order valence-corrected chi connectivity index (χ4v) is 2.30. The largest absolute Gasteiger partial charge is 0.457 e. The lowest BCUT2D eigenvalue weighted by Crippen LogP contribution is -1.89. The quantitative estimate of drug-likeness (QED) is 0.389. The lowest BCUT2D eigenvalue weighted by Gasteiger charge is -1.99. The second-order valence-electron chi connectivity index (χ2n) is 5.05. The van der Waals surface area contributed by atoms with Gasteiger partial charge in [0.1, 0.15) is 11.5 Å². The number of hydrogen-bond acceptors (Lipinski definition) is 4. The van der Waals surface area contributed by atoms with Crippen LogP contribution in [0.4, 0.5) is 5.69 Å². The second-order valence-corrected chi connectivity index (χ2v) is 5.05. The van der Waals surface area contributed by atoms with E-state index in [4.69, 9.17) is 4.42 Å². The zero-order chi connectivity index (χ0) is 16.9. The molecule has 0 saturated carbocycles. The minimum atomic E-state index is -0.487. The first-order valence-electron chi connectivity index (χ1n) is 7.19. The van der Waals surface area contributed by atoms with Crippen molar-refractivity contribution in [2.75, 3.05) is 0 Å². The Hall–Kier alpha value is -3.65. The third-order valence-electron chi connectivity index (χ3n) is 3.46. The van der Waals surface area contributed by atoms with Crippen molar-refractivity contribution in [3.05, 3.63) is 88.2 Å². The Morgan fingerprint density at radius 1 is 1.08 bits per heavy atom. The first-order chi connectivity index (χ1) is 11.7. The van der Waals surface area contributed by atoms with Crippen molar-refractivity contribution in [1.82, 2.24) is 0 Å². The molecule has 3 aromatic rings. The van der Waals surface area contributed by atoms with Gasteiger partial charge in [0.15, 0.2) is 0 Å². The van der Waals surface area contributed by atoms with E-state index in [1.807, 2.05) is 36.4 Å². The lowest BCUT2D eigenvalue weighted by molar-refractivity contribution is -0.384. The van der Waals surface area contributed by atoms with Gasteiger partial charge < -0.3 is 4.42 Å². The lowest BCUT2D eigenvalue weighted by atomic mass is 10.1. The van der Waals surface area contributed by atoms with E-state index >= 15 is 0 Å². The topological polar surface area (TPSA) is 80.1 Å². The van der Waals surface area contributed by atoms with Gasteiger partial charge in [-0.25, -0.2) is 0 Å². The van der Waals surface area contributed by atoms with Crippen LogP contribution in [0.3, 0.4) is 0 Å². The summed E-state index contributed by atoms with van der Waals surface area (Å²) in [5, 5.41) is 20.2. The zero-order valence-electron chi connectivity index (χ0n) is 12.5. The Kier molecular flexibility index (Phi) is 4.21. The van der Waals surface area contributed by atoms with Crippen LogP contribution in [0.5, 0.6) is 0 Å². The molecule has 116 valence electrons. The van der Waals surface area contributed by atoms with Crippen LogP contribution >= 0.6 is 0 Å². The highest BCUT2D eigenvalue weighted by Gasteiger charge is 2.10. The molecule has 1 heterocycles. The molecule has 0 N–H and O–H groups in total. The number of allylic oxidation sites excluding steroid dienone is 1. The molecule has 0 spiro atoms. The normalized spacial score (nSPS) is 11.0. The summed E-state index contributed by atoms with van der Waals surface area (Å²) in [6, 6.07) is 21.2. The smallest absolute Gasteiger partial charge is 0.270 e. The number of nitriles is 1. The highest BCUT2D eigenvalue weighted by molar-refractivity contribution is 5.89. The maximum Gasteiger partial charge on any atom is 0.270 e. The molecule has 0 radical (unpaired) electrons. The predicted molar refractivity (Wildman–Crippen MR) is 90.7 cm³/mol. The SMILES string of the molecule is N#CC(=Cc1ccc(-c2ccccc2)o1)c1cccc([N+](=O)[O-])c1. The molecule has 0 saturated heterocycles. The molecule has 0 aliphatic carbocycles. The van der Waals surface area contributed by atoms with Crippen molar-refractivity contribution in [2.24, 2.45) is 0 Å². The molecular formula is C19H12N2O3. The molecule has 0 aliphatic heterocycles. The summed E-state index contributed by atoms with van der Waals surface area (Å²) in [7, 11) is 0. The molecule has 2 aromatic carbocycles. The number of nitro benzene ring substituents is 1. The number of rotatable bonds is 4. The van der Waals surface area contributed by atoms with Crippen LogP contribution in [0.15, 0.2) is 71.1 Å². The van der Waals surface area contributed by atoms with Crippen LogP contribution in [-0.4, -0.2) is 4.92 Å². The summed E-state index contributed by atoms with van der Waals surface area (Å²) < 4.78 is 5.74. The standard InChI is InChI=1S/C19H12N2O3/c20-13-16(15-7-4-8-17(11-15)21(22)23)12-18-9-10-19(24-18)14-5-2-1-3-6-14/h1-12H. The van der Waals surface area contributed by atoms with Gasteiger partial charge in [-0.2, -0.15) is 5.26 Å². The maximum atomic E-state index is 10.9. The number of benzene rings is 2. The summed E-state index contributed by atoms with van der Waals surface area (Å²) in [6.45, 7) is 0. The van der Waals surface area contributed by atoms with E-state index in [9.17, 15) is 15.4 Å². The van der Waals surface area contributed by atoms with E-state index in [2.05, 4.69) is 6.07 Å². The van der Waals surface area contributed by atoms with E-state index < -0.39 is 4.92 Å². The monoisotopic (exact) mass is 316 g/mol. The zero-order valence-corrected chi connectivity index (χ0v) is 12.5. The van der Waals surface area contributed by atoms with E-state index in [-0.39, 0.29) is 5.69 Å². The number of non-ortho nitro benzene ring substituents is 1. The molecule has 5 heteroatoms. The average molecular weight is 316 g/mol. The molecule has 0 atom stereocenters. The van der Waals surface area contributed by atoms with Gasteiger partial charge in [0.25, 0.3) is 5.69 Å². The minimum absolute atomic E-state index is 0.0573. The molecule has 1 aromatic heterocycles. The minimum Gasteiger partial charge on any atom is -0.457 e. The van der Waals surface area contributed by atoms with Gasteiger partial charge in [-0.1, -0.05) is 42.5 Å². The van der Waals surface area contributed by atoms with Gasteiger partial charge in [0, 0.05) is 17.7 Å². The molecule has 0 aliphatic rings. The Morgan fingerprint density at radius 2 is 1.88 bits per heavy atom. The highest BCUT2D eigenvalue weighted by Crippen LogP contribution is 2.26. The van der Waals surface area contributed by atoms with Crippen LogP contribution in [0, 0.1) is 21.4 Å². The van der Waals surface area contributed by atoms with Crippen LogP contribution in [-0.2, 0) is 0 Å². The van der Waals surface area contributed by atoms with Crippen molar-refractivity contribution in [2.45, 2.75) is 0 Å². The van der Waals surface area contributed by atoms with Crippen LogP contribution in [0.25, 0.3) is 23.0 Å². The van der Waals surface area contributed by atoms with Gasteiger partial charge >= 0.3 is 0 Å². The summed E-state index contributed by atoms with van der Waals surface area (Å²) in [6.07, 6.45) is 1.57. The average Bonchev–Trinajstić information content (AvgIpc) is 3.09. The summed E-state index contributed by atoms with van der Waals surface area (Å²) >= 11 is 0. The Morgan fingerprint density at radius 3 is 2.58 bits per heavy atom. The summed E-state index contributed by atoms with van der Waals surface area (Å²) in [4.78, 5) is 10.4.